The van der Waals surface area contributed by atoms with Gasteiger partial charge in [-0.3, -0.25) is 0 Å². The smallest absolute Gasteiger partial charge is 0.128 e. The molecule has 0 spiro atoms. The van der Waals surface area contributed by atoms with Crippen LogP contribution in [0, 0.1) is 11.8 Å². The quantitative estimate of drug-likeness (QED) is 0.901. The maximum absolute atomic E-state index is 6.26. The van der Waals surface area contributed by atoms with E-state index in [1.54, 1.807) is 0 Å². The van der Waals surface area contributed by atoms with E-state index < -0.39 is 0 Å². The molecule has 0 amide bonds. The summed E-state index contributed by atoms with van der Waals surface area (Å²) < 4.78 is 0. The molecule has 1 aromatic rings. The maximum Gasteiger partial charge on any atom is 0.128 e. The standard InChI is InChI=1S/C16H24ClN3/c1-11(2)12-7-8-20(10-12)16-6-5-14(17)15(19-16)9-18-13-3-4-13/h5-6,11-13,18H,3-4,7-10H2,1-2H3. The highest BCUT2D eigenvalue weighted by Crippen LogP contribution is 2.29. The van der Waals surface area contributed by atoms with E-state index in [-0.39, 0.29) is 0 Å². The first-order chi connectivity index (χ1) is 9.63. The van der Waals surface area contributed by atoms with Gasteiger partial charge in [0.2, 0.25) is 0 Å². The third-order valence-electron chi connectivity index (χ3n) is 4.53. The predicted octanol–water partition coefficient (Wildman–Crippen LogP) is 3.47. The number of nitrogens with one attached hydrogen (secondary N) is 1. The molecular formula is C16H24ClN3. The number of hydrogen-bond donors (Lipinski definition) is 1. The molecule has 1 aliphatic carbocycles. The molecule has 0 radical (unpaired) electrons. The van der Waals surface area contributed by atoms with Crippen LogP contribution >= 0.6 is 11.6 Å². The Labute approximate surface area is 126 Å². The van der Waals surface area contributed by atoms with E-state index in [2.05, 4.69) is 30.1 Å². The van der Waals surface area contributed by atoms with Gasteiger partial charge in [-0.25, -0.2) is 4.98 Å². The first-order valence-electron chi connectivity index (χ1n) is 7.77. The number of halogens is 1. The highest BCUT2D eigenvalue weighted by Gasteiger charge is 2.26. The average molecular weight is 294 g/mol. The van der Waals surface area contributed by atoms with Crippen LogP contribution in [0.4, 0.5) is 5.82 Å². The summed E-state index contributed by atoms with van der Waals surface area (Å²) in [4.78, 5) is 7.18. The summed E-state index contributed by atoms with van der Waals surface area (Å²) in [5.41, 5.74) is 0.990. The first-order valence-corrected chi connectivity index (χ1v) is 8.15. The van der Waals surface area contributed by atoms with Crippen molar-refractivity contribution in [3.05, 3.63) is 22.8 Å². The lowest BCUT2D eigenvalue weighted by Gasteiger charge is -2.20. The molecule has 20 heavy (non-hydrogen) atoms. The van der Waals surface area contributed by atoms with E-state index in [1.165, 1.54) is 19.3 Å². The van der Waals surface area contributed by atoms with Crippen LogP contribution in [0.5, 0.6) is 0 Å². The molecule has 1 saturated heterocycles. The van der Waals surface area contributed by atoms with E-state index in [1.807, 2.05) is 6.07 Å². The second-order valence-electron chi connectivity index (χ2n) is 6.49. The predicted molar refractivity (Wildman–Crippen MR) is 84.3 cm³/mol. The molecule has 1 aliphatic heterocycles. The van der Waals surface area contributed by atoms with E-state index >= 15 is 0 Å². The fraction of sp³-hybridized carbons (Fsp3) is 0.688. The molecule has 110 valence electrons. The van der Waals surface area contributed by atoms with Crippen molar-refractivity contribution in [1.82, 2.24) is 10.3 Å². The van der Waals surface area contributed by atoms with Crippen LogP contribution in [0.2, 0.25) is 5.02 Å². The lowest BCUT2D eigenvalue weighted by atomic mass is 9.95. The maximum atomic E-state index is 6.26. The SMILES string of the molecule is CC(C)C1CCN(c2ccc(Cl)c(CNC3CC3)n2)C1. The van der Waals surface area contributed by atoms with Gasteiger partial charge in [0.1, 0.15) is 5.82 Å². The minimum atomic E-state index is 0.689. The Balaban J connectivity index is 1.68. The van der Waals surface area contributed by atoms with Gasteiger partial charge in [-0.1, -0.05) is 25.4 Å². The number of nitrogens with zero attached hydrogens (tertiary/aromatic N) is 2. The Kier molecular flexibility index (Phi) is 4.18. The van der Waals surface area contributed by atoms with Gasteiger partial charge in [-0.2, -0.15) is 0 Å². The van der Waals surface area contributed by atoms with E-state index in [9.17, 15) is 0 Å². The minimum Gasteiger partial charge on any atom is -0.356 e. The molecule has 3 nitrogen and oxygen atoms in total. The van der Waals surface area contributed by atoms with Gasteiger partial charge in [0.05, 0.1) is 10.7 Å². The fourth-order valence-corrected chi connectivity index (χ4v) is 3.01. The van der Waals surface area contributed by atoms with Crippen LogP contribution in [0.15, 0.2) is 12.1 Å². The molecule has 2 heterocycles. The Morgan fingerprint density at radius 1 is 1.35 bits per heavy atom. The summed E-state index contributed by atoms with van der Waals surface area (Å²) in [5.74, 6) is 2.63. The molecule has 1 unspecified atom stereocenters. The van der Waals surface area contributed by atoms with Crippen LogP contribution in [0.1, 0.15) is 38.8 Å². The van der Waals surface area contributed by atoms with Crippen molar-refractivity contribution in [1.29, 1.82) is 0 Å². The molecule has 1 atom stereocenters. The molecule has 2 aliphatic rings. The Morgan fingerprint density at radius 2 is 2.15 bits per heavy atom. The summed E-state index contributed by atoms with van der Waals surface area (Å²) in [6, 6.07) is 4.75. The average Bonchev–Trinajstić information content (AvgIpc) is 3.12. The number of anilines is 1. The molecule has 1 saturated carbocycles. The van der Waals surface area contributed by atoms with Crippen LogP contribution in [0.25, 0.3) is 0 Å². The lowest BCUT2D eigenvalue weighted by molar-refractivity contribution is 0.422. The van der Waals surface area contributed by atoms with Crippen molar-refractivity contribution < 1.29 is 0 Å². The summed E-state index contributed by atoms with van der Waals surface area (Å²) in [6.07, 6.45) is 3.86. The minimum absolute atomic E-state index is 0.689. The fourth-order valence-electron chi connectivity index (χ4n) is 2.84. The number of hydrogen-bond acceptors (Lipinski definition) is 3. The van der Waals surface area contributed by atoms with Crippen molar-refractivity contribution in [2.45, 2.75) is 45.7 Å². The molecule has 4 heteroatoms. The molecule has 1 aromatic heterocycles. The summed E-state index contributed by atoms with van der Waals surface area (Å²) in [7, 11) is 0. The molecule has 2 fully saturated rings. The summed E-state index contributed by atoms with van der Waals surface area (Å²) >= 11 is 6.26. The highest BCUT2D eigenvalue weighted by atomic mass is 35.5. The summed E-state index contributed by atoms with van der Waals surface area (Å²) in [6.45, 7) is 7.66. The molecule has 3 rings (SSSR count). The Bertz CT molecular complexity index is 471. The second-order valence-corrected chi connectivity index (χ2v) is 6.90. The zero-order valence-electron chi connectivity index (χ0n) is 12.4. The summed E-state index contributed by atoms with van der Waals surface area (Å²) in [5, 5.41) is 4.27. The third kappa shape index (κ3) is 3.26. The van der Waals surface area contributed by atoms with Gasteiger partial charge in [0.15, 0.2) is 0 Å². The normalized spacial score (nSPS) is 22.8. The van der Waals surface area contributed by atoms with Crippen molar-refractivity contribution in [3.8, 4) is 0 Å². The zero-order chi connectivity index (χ0) is 14.1. The second kappa shape index (κ2) is 5.90. The van der Waals surface area contributed by atoms with Crippen LogP contribution < -0.4 is 10.2 Å². The lowest BCUT2D eigenvalue weighted by Crippen LogP contribution is -2.23. The van der Waals surface area contributed by atoms with Crippen molar-refractivity contribution in [2.75, 3.05) is 18.0 Å². The van der Waals surface area contributed by atoms with E-state index in [0.717, 1.165) is 48.0 Å². The molecular weight excluding hydrogens is 270 g/mol. The molecule has 1 N–H and O–H groups in total. The molecule has 0 bridgehead atoms. The van der Waals surface area contributed by atoms with Gasteiger partial charge in [-0.05, 0) is 43.2 Å². The Morgan fingerprint density at radius 3 is 2.80 bits per heavy atom. The highest BCUT2D eigenvalue weighted by molar-refractivity contribution is 6.31. The van der Waals surface area contributed by atoms with E-state index in [4.69, 9.17) is 16.6 Å². The van der Waals surface area contributed by atoms with Gasteiger partial charge in [-0.15, -0.1) is 0 Å². The van der Waals surface area contributed by atoms with Crippen molar-refractivity contribution >= 4 is 17.4 Å². The van der Waals surface area contributed by atoms with Gasteiger partial charge in [0.25, 0.3) is 0 Å². The van der Waals surface area contributed by atoms with Crippen LogP contribution in [0.3, 0.4) is 0 Å². The first kappa shape index (κ1) is 14.2. The Hall–Kier alpha value is -0.800. The molecule has 0 aromatic carbocycles. The van der Waals surface area contributed by atoms with Crippen LogP contribution in [-0.2, 0) is 6.54 Å². The van der Waals surface area contributed by atoms with Crippen molar-refractivity contribution in [2.24, 2.45) is 11.8 Å². The number of rotatable bonds is 5. The largest absolute Gasteiger partial charge is 0.356 e. The number of aromatic nitrogens is 1. The van der Waals surface area contributed by atoms with Crippen LogP contribution in [-0.4, -0.2) is 24.1 Å². The topological polar surface area (TPSA) is 28.2 Å². The van der Waals surface area contributed by atoms with Crippen molar-refractivity contribution in [3.63, 3.8) is 0 Å². The van der Waals surface area contributed by atoms with Gasteiger partial charge < -0.3 is 10.2 Å². The van der Waals surface area contributed by atoms with E-state index in [0.29, 0.717) is 6.04 Å². The number of pyridine rings is 1. The monoisotopic (exact) mass is 293 g/mol. The van der Waals surface area contributed by atoms with Gasteiger partial charge in [0, 0.05) is 25.7 Å². The van der Waals surface area contributed by atoms with Gasteiger partial charge >= 0.3 is 0 Å². The zero-order valence-corrected chi connectivity index (χ0v) is 13.2. The third-order valence-corrected chi connectivity index (χ3v) is 4.88.